The number of ether oxygens (including phenoxy) is 1. The van der Waals surface area contributed by atoms with Gasteiger partial charge in [-0.05, 0) is 82.2 Å². The molecule has 0 radical (unpaired) electrons. The fourth-order valence-electron chi connectivity index (χ4n) is 4.90. The van der Waals surface area contributed by atoms with E-state index in [4.69, 9.17) is 9.72 Å². The van der Waals surface area contributed by atoms with Gasteiger partial charge in [0, 0.05) is 37.3 Å². The lowest BCUT2D eigenvalue weighted by atomic mass is 9.99. The summed E-state index contributed by atoms with van der Waals surface area (Å²) in [5, 5.41) is 10.1. The number of hydrogen-bond donors (Lipinski definition) is 0. The van der Waals surface area contributed by atoms with Gasteiger partial charge >= 0.3 is 6.09 Å². The quantitative estimate of drug-likeness (QED) is 0.583. The Morgan fingerprint density at radius 2 is 2.00 bits per heavy atom. The summed E-state index contributed by atoms with van der Waals surface area (Å²) in [5.74, 6) is 1.64. The smallest absolute Gasteiger partial charge is 0.410 e. The van der Waals surface area contributed by atoms with Crippen molar-refractivity contribution in [3.8, 4) is 17.2 Å². The van der Waals surface area contributed by atoms with Crippen LogP contribution in [0.4, 0.5) is 10.6 Å². The van der Waals surface area contributed by atoms with Crippen LogP contribution in [0.2, 0.25) is 0 Å². The molecule has 2 saturated carbocycles. The predicted molar refractivity (Wildman–Crippen MR) is 136 cm³/mol. The Hall–Kier alpha value is -3.40. The molecule has 0 unspecified atom stereocenters. The molecule has 1 aliphatic heterocycles. The number of amides is 1. The minimum absolute atomic E-state index is 0.0753. The molecule has 2 aromatic rings. The van der Waals surface area contributed by atoms with Crippen molar-refractivity contribution < 1.29 is 9.53 Å². The van der Waals surface area contributed by atoms with Crippen molar-refractivity contribution in [1.29, 1.82) is 5.26 Å². The predicted octanol–water partition coefficient (Wildman–Crippen LogP) is 5.37. The molecular formula is C28H33N5O2. The zero-order valence-electron chi connectivity index (χ0n) is 20.8. The first kappa shape index (κ1) is 23.3. The number of aromatic nitrogens is 2. The number of nitriles is 1. The number of carbonyl (C=O) groups is 1. The van der Waals surface area contributed by atoms with Crippen LogP contribution < -0.4 is 4.90 Å². The molecule has 1 saturated heterocycles. The number of anilines is 1. The lowest BCUT2D eigenvalue weighted by molar-refractivity contribution is 0.0116. The Labute approximate surface area is 207 Å². The fraction of sp³-hybridized carbons (Fsp3) is 0.500. The maximum Gasteiger partial charge on any atom is 0.410 e. The maximum absolute atomic E-state index is 12.9. The Balaban J connectivity index is 1.47. The van der Waals surface area contributed by atoms with Gasteiger partial charge in [0.1, 0.15) is 17.5 Å². The molecule has 1 amide bonds. The molecule has 3 heterocycles. The van der Waals surface area contributed by atoms with Crippen LogP contribution in [-0.2, 0) is 4.74 Å². The SMILES string of the molecule is C=Cc1cc(-c2cc(C#N)c(N3CCN(C(=O)OC(C)(C)C)[C@H](C4CC4)C3)nc2C2CC2)ccn1. The molecular weight excluding hydrogens is 438 g/mol. The molecule has 0 N–H and O–H groups in total. The van der Waals surface area contributed by atoms with Crippen molar-refractivity contribution in [1.82, 2.24) is 14.9 Å². The summed E-state index contributed by atoms with van der Waals surface area (Å²) in [6.07, 6.45) is 7.73. The zero-order chi connectivity index (χ0) is 24.7. The normalized spacial score (nSPS) is 20.3. The van der Waals surface area contributed by atoms with Crippen LogP contribution in [0.15, 0.2) is 31.0 Å². The Bertz CT molecular complexity index is 1190. The summed E-state index contributed by atoms with van der Waals surface area (Å²) in [6.45, 7) is 11.4. The average molecular weight is 472 g/mol. The van der Waals surface area contributed by atoms with Gasteiger partial charge in [-0.1, -0.05) is 6.58 Å². The molecule has 5 rings (SSSR count). The summed E-state index contributed by atoms with van der Waals surface area (Å²) in [5.41, 5.74) is 3.92. The van der Waals surface area contributed by atoms with Crippen molar-refractivity contribution in [2.45, 2.75) is 64.0 Å². The van der Waals surface area contributed by atoms with Gasteiger partial charge in [0.2, 0.25) is 0 Å². The van der Waals surface area contributed by atoms with Gasteiger partial charge < -0.3 is 14.5 Å². The Kier molecular flexibility index (Phi) is 6.00. The zero-order valence-corrected chi connectivity index (χ0v) is 20.8. The van der Waals surface area contributed by atoms with Gasteiger partial charge in [-0.25, -0.2) is 9.78 Å². The molecule has 0 aromatic carbocycles. The second-order valence-electron chi connectivity index (χ2n) is 10.9. The van der Waals surface area contributed by atoms with Gasteiger partial charge in [0.15, 0.2) is 0 Å². The highest BCUT2D eigenvalue weighted by Gasteiger charge is 2.43. The molecule has 3 aliphatic rings. The van der Waals surface area contributed by atoms with E-state index in [1.165, 1.54) is 0 Å². The number of nitrogens with zero attached hydrogens (tertiary/aromatic N) is 5. The van der Waals surface area contributed by atoms with Crippen LogP contribution in [0.25, 0.3) is 17.2 Å². The van der Waals surface area contributed by atoms with E-state index in [0.29, 0.717) is 37.0 Å². The van der Waals surface area contributed by atoms with E-state index in [0.717, 1.165) is 54.0 Å². The number of rotatable bonds is 5. The molecule has 35 heavy (non-hydrogen) atoms. The van der Waals surface area contributed by atoms with E-state index in [2.05, 4.69) is 22.5 Å². The van der Waals surface area contributed by atoms with Crippen molar-refractivity contribution in [2.24, 2.45) is 5.92 Å². The van der Waals surface area contributed by atoms with Crippen LogP contribution in [0, 0.1) is 17.2 Å². The summed E-state index contributed by atoms with van der Waals surface area (Å²) in [7, 11) is 0. The van der Waals surface area contributed by atoms with E-state index >= 15 is 0 Å². The summed E-state index contributed by atoms with van der Waals surface area (Å²) in [6, 6.07) is 8.43. The number of pyridine rings is 2. The van der Waals surface area contributed by atoms with E-state index in [1.807, 2.05) is 43.9 Å². The molecule has 1 atom stereocenters. The van der Waals surface area contributed by atoms with Crippen LogP contribution >= 0.6 is 0 Å². The van der Waals surface area contributed by atoms with E-state index in [1.54, 1.807) is 12.3 Å². The second-order valence-corrected chi connectivity index (χ2v) is 10.9. The van der Waals surface area contributed by atoms with Gasteiger partial charge in [0.05, 0.1) is 23.0 Å². The van der Waals surface area contributed by atoms with Crippen molar-refractivity contribution in [3.63, 3.8) is 0 Å². The minimum Gasteiger partial charge on any atom is -0.444 e. The highest BCUT2D eigenvalue weighted by molar-refractivity contribution is 5.74. The first-order valence-corrected chi connectivity index (χ1v) is 12.6. The van der Waals surface area contributed by atoms with Crippen molar-refractivity contribution in [2.75, 3.05) is 24.5 Å². The fourth-order valence-corrected chi connectivity index (χ4v) is 4.90. The lowest BCUT2D eigenvalue weighted by Gasteiger charge is -2.42. The van der Waals surface area contributed by atoms with Gasteiger partial charge in [-0.2, -0.15) is 5.26 Å². The Morgan fingerprint density at radius 1 is 1.23 bits per heavy atom. The van der Waals surface area contributed by atoms with Crippen LogP contribution in [0.5, 0.6) is 0 Å². The molecule has 7 nitrogen and oxygen atoms in total. The molecule has 2 aromatic heterocycles. The number of hydrogen-bond acceptors (Lipinski definition) is 6. The highest BCUT2D eigenvalue weighted by atomic mass is 16.6. The third kappa shape index (κ3) is 5.02. The average Bonchev–Trinajstić information content (AvgIpc) is 3.75. The van der Waals surface area contributed by atoms with E-state index < -0.39 is 5.60 Å². The largest absolute Gasteiger partial charge is 0.444 e. The monoisotopic (exact) mass is 471 g/mol. The van der Waals surface area contributed by atoms with Crippen LogP contribution in [0.1, 0.15) is 69.3 Å². The summed E-state index contributed by atoms with van der Waals surface area (Å²) >= 11 is 0. The standard InChI is InChI=1S/C28H33N5O2/c1-5-22-14-20(10-11-30-22)23-15-21(16-29)26(31-25(23)19-8-9-19)32-12-13-33(24(17-32)18-6-7-18)27(34)35-28(2,3)4/h5,10-11,14-15,18-19,24H,1,6-9,12-13,17H2,2-4H3/t24-/m0/s1. The van der Waals surface area contributed by atoms with Crippen molar-refractivity contribution in [3.05, 3.63) is 47.9 Å². The van der Waals surface area contributed by atoms with Crippen LogP contribution in [-0.4, -0.2) is 52.2 Å². The summed E-state index contributed by atoms with van der Waals surface area (Å²) in [4.78, 5) is 26.5. The Morgan fingerprint density at radius 3 is 2.63 bits per heavy atom. The topological polar surface area (TPSA) is 82.4 Å². The first-order valence-electron chi connectivity index (χ1n) is 12.6. The minimum atomic E-state index is -0.523. The number of piperazine rings is 1. The van der Waals surface area contributed by atoms with E-state index in [9.17, 15) is 10.1 Å². The molecule has 0 bridgehead atoms. The third-order valence-electron chi connectivity index (χ3n) is 6.93. The number of carbonyl (C=O) groups excluding carboxylic acids is 1. The molecule has 182 valence electrons. The van der Waals surface area contributed by atoms with Gasteiger partial charge in [0.25, 0.3) is 0 Å². The molecule has 0 spiro atoms. The molecule has 7 heteroatoms. The molecule has 2 aliphatic carbocycles. The highest BCUT2D eigenvalue weighted by Crippen LogP contribution is 2.45. The second kappa shape index (κ2) is 8.99. The maximum atomic E-state index is 12.9. The summed E-state index contributed by atoms with van der Waals surface area (Å²) < 4.78 is 5.70. The third-order valence-corrected chi connectivity index (χ3v) is 6.93. The first-order chi connectivity index (χ1) is 16.8. The van der Waals surface area contributed by atoms with Gasteiger partial charge in [-0.15, -0.1) is 0 Å². The van der Waals surface area contributed by atoms with E-state index in [-0.39, 0.29) is 12.1 Å². The van der Waals surface area contributed by atoms with Crippen molar-refractivity contribution >= 4 is 18.0 Å². The molecule has 3 fully saturated rings. The van der Waals surface area contributed by atoms with Gasteiger partial charge in [-0.3, -0.25) is 4.98 Å². The lowest BCUT2D eigenvalue weighted by Crippen LogP contribution is -2.57. The van der Waals surface area contributed by atoms with Crippen LogP contribution in [0.3, 0.4) is 0 Å².